The standard InChI is InChI=1S/C25H21FN2O4/c1-2-32-20-11-7-17(8-12-20)22-21(23(29)18-5-9-19(26)10-6-18)24(30)25(31)28(22)15-16-4-3-13-27-14-16/h3-14,22,29H,2,15H2,1H3/b23-21-. The summed E-state index contributed by atoms with van der Waals surface area (Å²) in [5, 5.41) is 11.0. The number of aromatic nitrogens is 1. The smallest absolute Gasteiger partial charge is 0.295 e. The van der Waals surface area contributed by atoms with Crippen LogP contribution >= 0.6 is 0 Å². The second kappa shape index (κ2) is 9.01. The van der Waals surface area contributed by atoms with Crippen molar-refractivity contribution in [1.29, 1.82) is 0 Å². The van der Waals surface area contributed by atoms with Crippen molar-refractivity contribution in [3.8, 4) is 5.75 Å². The van der Waals surface area contributed by atoms with E-state index in [1.807, 2.05) is 13.0 Å². The van der Waals surface area contributed by atoms with Gasteiger partial charge in [-0.25, -0.2) is 4.39 Å². The van der Waals surface area contributed by atoms with E-state index in [0.717, 1.165) is 5.56 Å². The van der Waals surface area contributed by atoms with E-state index in [4.69, 9.17) is 4.74 Å². The number of ketones is 1. The zero-order valence-corrected chi connectivity index (χ0v) is 17.4. The normalized spacial score (nSPS) is 17.6. The minimum absolute atomic E-state index is 0.0466. The number of aliphatic hydroxyl groups is 1. The molecule has 3 aromatic rings. The number of pyridine rings is 1. The van der Waals surface area contributed by atoms with Gasteiger partial charge in [0.15, 0.2) is 0 Å². The molecular weight excluding hydrogens is 411 g/mol. The van der Waals surface area contributed by atoms with Gasteiger partial charge in [0.05, 0.1) is 18.2 Å². The van der Waals surface area contributed by atoms with Crippen molar-refractivity contribution in [3.63, 3.8) is 0 Å². The lowest BCUT2D eigenvalue weighted by Gasteiger charge is -2.25. The molecule has 0 saturated carbocycles. The molecule has 1 unspecified atom stereocenters. The molecule has 7 heteroatoms. The Bertz CT molecular complexity index is 1160. The fraction of sp³-hybridized carbons (Fsp3) is 0.160. The van der Waals surface area contributed by atoms with Crippen LogP contribution in [-0.4, -0.2) is 33.3 Å². The van der Waals surface area contributed by atoms with Gasteiger partial charge in [0, 0.05) is 24.5 Å². The molecule has 1 fully saturated rings. The molecule has 1 aromatic heterocycles. The third-order valence-electron chi connectivity index (χ3n) is 5.24. The van der Waals surface area contributed by atoms with Crippen LogP contribution < -0.4 is 4.74 Å². The SMILES string of the molecule is CCOc1ccc(C2/C(=C(/O)c3ccc(F)cc3)C(=O)C(=O)N2Cc2cccnc2)cc1. The van der Waals surface area contributed by atoms with Gasteiger partial charge in [-0.3, -0.25) is 14.6 Å². The zero-order chi connectivity index (χ0) is 22.7. The van der Waals surface area contributed by atoms with Gasteiger partial charge < -0.3 is 14.7 Å². The molecule has 4 rings (SSSR count). The van der Waals surface area contributed by atoms with E-state index in [-0.39, 0.29) is 23.4 Å². The highest BCUT2D eigenvalue weighted by Crippen LogP contribution is 2.40. The summed E-state index contributed by atoms with van der Waals surface area (Å²) in [5.41, 5.74) is 1.59. The Morgan fingerprint density at radius 3 is 2.44 bits per heavy atom. The van der Waals surface area contributed by atoms with E-state index in [2.05, 4.69) is 4.98 Å². The van der Waals surface area contributed by atoms with Gasteiger partial charge in [0.1, 0.15) is 17.3 Å². The summed E-state index contributed by atoms with van der Waals surface area (Å²) in [6.45, 7) is 2.51. The molecule has 162 valence electrons. The van der Waals surface area contributed by atoms with Gasteiger partial charge in [-0.2, -0.15) is 0 Å². The summed E-state index contributed by atoms with van der Waals surface area (Å²) in [6, 6.07) is 14.9. The maximum Gasteiger partial charge on any atom is 0.295 e. The maximum atomic E-state index is 13.4. The van der Waals surface area contributed by atoms with Crippen LogP contribution in [0.3, 0.4) is 0 Å². The van der Waals surface area contributed by atoms with Gasteiger partial charge in [-0.15, -0.1) is 0 Å². The molecular formula is C25H21FN2O4. The number of rotatable bonds is 6. The number of hydrogen-bond donors (Lipinski definition) is 1. The Morgan fingerprint density at radius 2 is 1.81 bits per heavy atom. The molecule has 6 nitrogen and oxygen atoms in total. The van der Waals surface area contributed by atoms with Crippen LogP contribution in [0.2, 0.25) is 0 Å². The van der Waals surface area contributed by atoms with Gasteiger partial charge >= 0.3 is 0 Å². The predicted molar refractivity (Wildman–Crippen MR) is 116 cm³/mol. The second-order valence-corrected chi connectivity index (χ2v) is 7.30. The van der Waals surface area contributed by atoms with Crippen LogP contribution in [0.25, 0.3) is 5.76 Å². The van der Waals surface area contributed by atoms with Crippen LogP contribution in [0.15, 0.2) is 78.6 Å². The molecule has 1 saturated heterocycles. The highest BCUT2D eigenvalue weighted by molar-refractivity contribution is 6.46. The first-order chi connectivity index (χ1) is 15.5. The molecule has 0 aliphatic carbocycles. The Labute approximate surface area is 184 Å². The minimum atomic E-state index is -0.823. The van der Waals surface area contributed by atoms with Crippen LogP contribution in [0.1, 0.15) is 29.7 Å². The number of aliphatic hydroxyl groups excluding tert-OH is 1. The summed E-state index contributed by atoms with van der Waals surface area (Å²) in [7, 11) is 0. The Balaban J connectivity index is 1.83. The molecule has 2 aromatic carbocycles. The van der Waals surface area contributed by atoms with Crippen LogP contribution in [0.5, 0.6) is 5.75 Å². The van der Waals surface area contributed by atoms with Crippen LogP contribution in [-0.2, 0) is 16.1 Å². The lowest BCUT2D eigenvalue weighted by molar-refractivity contribution is -0.140. The average molecular weight is 432 g/mol. The van der Waals surface area contributed by atoms with Crippen molar-refractivity contribution in [3.05, 3.63) is 101 Å². The van der Waals surface area contributed by atoms with E-state index in [1.165, 1.54) is 29.2 Å². The van der Waals surface area contributed by atoms with Gasteiger partial charge in [-0.05, 0) is 60.5 Å². The first kappa shape index (κ1) is 21.2. The van der Waals surface area contributed by atoms with E-state index >= 15 is 0 Å². The lowest BCUT2D eigenvalue weighted by atomic mass is 9.95. The Morgan fingerprint density at radius 1 is 1.09 bits per heavy atom. The molecule has 1 amide bonds. The molecule has 1 aliphatic rings. The van der Waals surface area contributed by atoms with Crippen molar-refractivity contribution in [2.24, 2.45) is 0 Å². The number of carbonyl (C=O) groups is 2. The van der Waals surface area contributed by atoms with E-state index in [9.17, 15) is 19.1 Å². The molecule has 2 heterocycles. The molecule has 0 radical (unpaired) electrons. The highest BCUT2D eigenvalue weighted by atomic mass is 19.1. The Kier molecular flexibility index (Phi) is 5.98. The first-order valence-electron chi connectivity index (χ1n) is 10.2. The van der Waals surface area contributed by atoms with Crippen molar-refractivity contribution < 1.29 is 23.8 Å². The summed E-state index contributed by atoms with van der Waals surface area (Å²) < 4.78 is 18.9. The van der Waals surface area contributed by atoms with E-state index in [0.29, 0.717) is 17.9 Å². The summed E-state index contributed by atoms with van der Waals surface area (Å²) in [6.07, 6.45) is 3.24. The fourth-order valence-corrected chi connectivity index (χ4v) is 3.75. The first-order valence-corrected chi connectivity index (χ1v) is 10.2. The van der Waals surface area contributed by atoms with E-state index < -0.39 is 23.5 Å². The number of carbonyl (C=O) groups excluding carboxylic acids is 2. The number of Topliss-reactive ketones (excluding diaryl/α,β-unsaturated/α-hetero) is 1. The summed E-state index contributed by atoms with van der Waals surface area (Å²) in [4.78, 5) is 31.5. The Hall–Kier alpha value is -4.00. The molecule has 32 heavy (non-hydrogen) atoms. The summed E-state index contributed by atoms with van der Waals surface area (Å²) in [5.74, 6) is -1.69. The monoisotopic (exact) mass is 432 g/mol. The molecule has 1 aliphatic heterocycles. The maximum absolute atomic E-state index is 13.4. The average Bonchev–Trinajstić information content (AvgIpc) is 3.05. The second-order valence-electron chi connectivity index (χ2n) is 7.30. The number of nitrogens with zero attached hydrogens (tertiary/aromatic N) is 2. The largest absolute Gasteiger partial charge is 0.507 e. The molecule has 1 N–H and O–H groups in total. The topological polar surface area (TPSA) is 79.7 Å². The quantitative estimate of drug-likeness (QED) is 0.358. The number of benzene rings is 2. The third kappa shape index (κ3) is 4.09. The number of halogens is 1. The number of amides is 1. The van der Waals surface area contributed by atoms with Crippen molar-refractivity contribution in [2.45, 2.75) is 19.5 Å². The summed E-state index contributed by atoms with van der Waals surface area (Å²) >= 11 is 0. The van der Waals surface area contributed by atoms with Gasteiger partial charge in [0.25, 0.3) is 11.7 Å². The van der Waals surface area contributed by atoms with Crippen molar-refractivity contribution in [2.75, 3.05) is 6.61 Å². The van der Waals surface area contributed by atoms with Crippen LogP contribution in [0.4, 0.5) is 4.39 Å². The van der Waals surface area contributed by atoms with Crippen molar-refractivity contribution in [1.82, 2.24) is 9.88 Å². The fourth-order valence-electron chi connectivity index (χ4n) is 3.75. The molecule has 1 atom stereocenters. The number of likely N-dealkylation sites (tertiary alicyclic amines) is 1. The van der Waals surface area contributed by atoms with Crippen molar-refractivity contribution >= 4 is 17.4 Å². The van der Waals surface area contributed by atoms with Gasteiger partial charge in [0.2, 0.25) is 0 Å². The predicted octanol–water partition coefficient (Wildman–Crippen LogP) is 4.24. The molecule has 0 spiro atoms. The van der Waals surface area contributed by atoms with Crippen LogP contribution in [0, 0.1) is 5.82 Å². The zero-order valence-electron chi connectivity index (χ0n) is 17.4. The number of hydrogen-bond acceptors (Lipinski definition) is 5. The third-order valence-corrected chi connectivity index (χ3v) is 5.24. The van der Waals surface area contributed by atoms with E-state index in [1.54, 1.807) is 42.7 Å². The minimum Gasteiger partial charge on any atom is -0.507 e. The van der Waals surface area contributed by atoms with Gasteiger partial charge in [-0.1, -0.05) is 18.2 Å². The number of ether oxygens (including phenoxy) is 1. The molecule has 0 bridgehead atoms. The highest BCUT2D eigenvalue weighted by Gasteiger charge is 2.46. The lowest BCUT2D eigenvalue weighted by Crippen LogP contribution is -2.29.